The van der Waals surface area contributed by atoms with Crippen molar-refractivity contribution in [1.82, 2.24) is 19.2 Å². The third kappa shape index (κ3) is 4.35. The monoisotopic (exact) mass is 310 g/mol. The smallest absolute Gasteiger partial charge is 0.317 e. The number of rotatable bonds is 7. The van der Waals surface area contributed by atoms with Gasteiger partial charge in [0.2, 0.25) is 0 Å². The number of fused-ring (bicyclic) bond motifs is 1. The lowest BCUT2D eigenvalue weighted by atomic mass is 10.3. The predicted octanol–water partition coefficient (Wildman–Crippen LogP) is 0.204. The van der Waals surface area contributed by atoms with E-state index in [-0.39, 0.29) is 12.1 Å². The van der Waals surface area contributed by atoms with E-state index in [1.54, 1.807) is 16.5 Å². The number of aromatic nitrogens is 2. The van der Waals surface area contributed by atoms with Crippen molar-refractivity contribution in [3.63, 3.8) is 0 Å². The van der Waals surface area contributed by atoms with Gasteiger partial charge in [-0.3, -0.25) is 18.9 Å². The first kappa shape index (κ1) is 15.6. The lowest BCUT2D eigenvalue weighted by molar-refractivity contribution is -0.138. The van der Waals surface area contributed by atoms with Crippen LogP contribution in [0, 0.1) is 0 Å². The number of nitrogens with zero attached hydrogens (tertiary/aromatic N) is 4. The highest BCUT2D eigenvalue weighted by Crippen LogP contribution is 2.08. The SMILES string of the molecule is CN(C)CCN(CC(=O)O)Cc1cc(=O)n2ccsc2n1. The highest BCUT2D eigenvalue weighted by molar-refractivity contribution is 7.15. The average Bonchev–Trinajstić information content (AvgIpc) is 2.84. The Morgan fingerprint density at radius 1 is 1.43 bits per heavy atom. The van der Waals surface area contributed by atoms with Crippen molar-refractivity contribution in [2.75, 3.05) is 33.7 Å². The molecule has 0 saturated carbocycles. The first-order chi connectivity index (χ1) is 9.95. The second kappa shape index (κ2) is 6.79. The van der Waals surface area contributed by atoms with Crippen molar-refractivity contribution in [2.24, 2.45) is 0 Å². The van der Waals surface area contributed by atoms with E-state index in [1.807, 2.05) is 19.0 Å². The molecule has 114 valence electrons. The molecule has 1 N–H and O–H groups in total. The van der Waals surface area contributed by atoms with Crippen LogP contribution in [0.4, 0.5) is 0 Å². The zero-order chi connectivity index (χ0) is 15.4. The molecule has 0 saturated heterocycles. The third-order valence-corrected chi connectivity index (χ3v) is 3.72. The van der Waals surface area contributed by atoms with Crippen LogP contribution in [0.5, 0.6) is 0 Å². The van der Waals surface area contributed by atoms with Crippen LogP contribution in [-0.2, 0) is 11.3 Å². The molecular formula is C13H18N4O3S. The maximum Gasteiger partial charge on any atom is 0.317 e. The largest absolute Gasteiger partial charge is 0.480 e. The van der Waals surface area contributed by atoms with Crippen LogP contribution in [0.25, 0.3) is 4.96 Å². The number of aliphatic carboxylic acids is 1. The summed E-state index contributed by atoms with van der Waals surface area (Å²) < 4.78 is 1.48. The molecule has 0 amide bonds. The number of carbonyl (C=O) groups is 1. The number of carboxylic acids is 1. The van der Waals surface area contributed by atoms with Crippen LogP contribution in [-0.4, -0.2) is 64.0 Å². The number of likely N-dealkylation sites (N-methyl/N-ethyl adjacent to an activating group) is 1. The number of thiazole rings is 1. The number of hydrogen-bond donors (Lipinski definition) is 1. The van der Waals surface area contributed by atoms with Crippen molar-refractivity contribution >= 4 is 22.3 Å². The zero-order valence-corrected chi connectivity index (χ0v) is 12.8. The van der Waals surface area contributed by atoms with Crippen LogP contribution in [0.1, 0.15) is 5.69 Å². The summed E-state index contributed by atoms with van der Waals surface area (Å²) in [5.41, 5.74) is 0.460. The lowest BCUT2D eigenvalue weighted by Crippen LogP contribution is -2.35. The summed E-state index contributed by atoms with van der Waals surface area (Å²) in [5.74, 6) is -0.886. The fraction of sp³-hybridized carbons (Fsp3) is 0.462. The second-order valence-electron chi connectivity index (χ2n) is 5.05. The van der Waals surface area contributed by atoms with Gasteiger partial charge in [-0.25, -0.2) is 4.98 Å². The van der Waals surface area contributed by atoms with Gasteiger partial charge in [0, 0.05) is 37.3 Å². The molecule has 21 heavy (non-hydrogen) atoms. The van der Waals surface area contributed by atoms with Gasteiger partial charge >= 0.3 is 5.97 Å². The Hall–Kier alpha value is -1.77. The van der Waals surface area contributed by atoms with Crippen LogP contribution < -0.4 is 5.56 Å². The second-order valence-corrected chi connectivity index (χ2v) is 5.92. The van der Waals surface area contributed by atoms with Gasteiger partial charge in [-0.15, -0.1) is 11.3 Å². The molecule has 8 heteroatoms. The molecule has 0 fully saturated rings. The van der Waals surface area contributed by atoms with Crippen LogP contribution in [0.15, 0.2) is 22.4 Å². The molecule has 0 atom stereocenters. The van der Waals surface area contributed by atoms with Gasteiger partial charge < -0.3 is 10.0 Å². The van der Waals surface area contributed by atoms with Crippen molar-refractivity contribution in [2.45, 2.75) is 6.54 Å². The standard InChI is InChI=1S/C13H18N4O3S/c1-15(2)3-4-16(9-12(19)20)8-10-7-11(18)17-5-6-21-13(17)14-10/h5-7H,3-4,8-9H2,1-2H3,(H,19,20). The first-order valence-electron chi connectivity index (χ1n) is 6.50. The summed E-state index contributed by atoms with van der Waals surface area (Å²) in [6.45, 7) is 1.63. The van der Waals surface area contributed by atoms with Gasteiger partial charge in [0.25, 0.3) is 5.56 Å². The molecule has 0 aromatic carbocycles. The maximum absolute atomic E-state index is 11.9. The molecule has 0 radical (unpaired) electrons. The highest BCUT2D eigenvalue weighted by atomic mass is 32.1. The van der Waals surface area contributed by atoms with Gasteiger partial charge in [-0.05, 0) is 14.1 Å². The summed E-state index contributed by atoms with van der Waals surface area (Å²) in [7, 11) is 3.86. The zero-order valence-electron chi connectivity index (χ0n) is 12.0. The normalized spacial score (nSPS) is 11.6. The summed E-state index contributed by atoms with van der Waals surface area (Å²) >= 11 is 1.38. The molecule has 0 aliphatic heterocycles. The molecule has 0 bridgehead atoms. The van der Waals surface area contributed by atoms with Crippen molar-refractivity contribution in [3.8, 4) is 0 Å². The fourth-order valence-corrected chi connectivity index (χ4v) is 2.68. The minimum atomic E-state index is -0.886. The van der Waals surface area contributed by atoms with E-state index >= 15 is 0 Å². The first-order valence-corrected chi connectivity index (χ1v) is 7.38. The Kier molecular flexibility index (Phi) is 5.05. The van der Waals surface area contributed by atoms with E-state index in [0.717, 1.165) is 6.54 Å². The van der Waals surface area contributed by atoms with Gasteiger partial charge in [-0.1, -0.05) is 0 Å². The van der Waals surface area contributed by atoms with Crippen LogP contribution in [0.3, 0.4) is 0 Å². The summed E-state index contributed by atoms with van der Waals surface area (Å²) in [6, 6.07) is 1.46. The summed E-state index contributed by atoms with van der Waals surface area (Å²) in [6.07, 6.45) is 1.68. The topological polar surface area (TPSA) is 78.2 Å². The molecule has 0 unspecified atom stereocenters. The average molecular weight is 310 g/mol. The minimum Gasteiger partial charge on any atom is -0.480 e. The van der Waals surface area contributed by atoms with Gasteiger partial charge in [-0.2, -0.15) is 0 Å². The Labute approximate surface area is 126 Å². The molecule has 2 aromatic rings. The van der Waals surface area contributed by atoms with Crippen molar-refractivity contribution < 1.29 is 9.90 Å². The Balaban J connectivity index is 2.16. The van der Waals surface area contributed by atoms with Crippen molar-refractivity contribution in [1.29, 1.82) is 0 Å². The third-order valence-electron chi connectivity index (χ3n) is 2.96. The molecule has 2 aromatic heterocycles. The quantitative estimate of drug-likeness (QED) is 0.787. The van der Waals surface area contributed by atoms with E-state index in [9.17, 15) is 9.59 Å². The maximum atomic E-state index is 11.9. The van der Waals surface area contributed by atoms with Gasteiger partial charge in [0.15, 0.2) is 4.96 Å². The summed E-state index contributed by atoms with van der Waals surface area (Å²) in [5, 5.41) is 10.8. The van der Waals surface area contributed by atoms with E-state index < -0.39 is 5.97 Å². The van der Waals surface area contributed by atoms with Crippen LogP contribution in [0.2, 0.25) is 0 Å². The summed E-state index contributed by atoms with van der Waals surface area (Å²) in [4.78, 5) is 31.6. The molecule has 7 nitrogen and oxygen atoms in total. The lowest BCUT2D eigenvalue weighted by Gasteiger charge is -2.21. The predicted molar refractivity (Wildman–Crippen MR) is 80.8 cm³/mol. The molecule has 2 heterocycles. The van der Waals surface area contributed by atoms with E-state index in [2.05, 4.69) is 4.98 Å². The molecule has 0 aliphatic carbocycles. The molecule has 0 aliphatic rings. The molecular weight excluding hydrogens is 292 g/mol. The van der Waals surface area contributed by atoms with E-state index in [1.165, 1.54) is 21.8 Å². The molecule has 2 rings (SSSR count). The molecule has 0 spiro atoms. The Morgan fingerprint density at radius 3 is 2.86 bits per heavy atom. The van der Waals surface area contributed by atoms with E-state index in [0.29, 0.717) is 23.7 Å². The Morgan fingerprint density at radius 2 is 2.19 bits per heavy atom. The fourth-order valence-electron chi connectivity index (χ4n) is 1.94. The number of carboxylic acid groups (broad SMARTS) is 1. The van der Waals surface area contributed by atoms with Crippen molar-refractivity contribution in [3.05, 3.63) is 33.7 Å². The van der Waals surface area contributed by atoms with Gasteiger partial charge in [0.1, 0.15) is 0 Å². The van der Waals surface area contributed by atoms with Crippen LogP contribution >= 0.6 is 11.3 Å². The van der Waals surface area contributed by atoms with E-state index in [4.69, 9.17) is 5.11 Å². The van der Waals surface area contributed by atoms with Gasteiger partial charge in [0.05, 0.1) is 12.2 Å². The highest BCUT2D eigenvalue weighted by Gasteiger charge is 2.13. The minimum absolute atomic E-state index is 0.0701. The Bertz CT molecular complexity index is 679. The number of hydrogen-bond acceptors (Lipinski definition) is 6.